The number of ether oxygens (including phenoxy) is 1. The van der Waals surface area contributed by atoms with E-state index in [9.17, 15) is 9.59 Å². The summed E-state index contributed by atoms with van der Waals surface area (Å²) in [6.07, 6.45) is 0.384. The Morgan fingerprint density at radius 1 is 1.35 bits per heavy atom. The lowest BCUT2D eigenvalue weighted by Crippen LogP contribution is -2.39. The van der Waals surface area contributed by atoms with E-state index in [-0.39, 0.29) is 18.7 Å². The lowest BCUT2D eigenvalue weighted by molar-refractivity contribution is -0.134. The highest BCUT2D eigenvalue weighted by Crippen LogP contribution is 2.10. The maximum absolute atomic E-state index is 11.4. The molecule has 0 aliphatic carbocycles. The molecule has 0 aliphatic rings. The molecule has 1 unspecified atom stereocenters. The molecule has 1 atom stereocenters. The van der Waals surface area contributed by atoms with Gasteiger partial charge < -0.3 is 15.8 Å². The van der Waals surface area contributed by atoms with E-state index in [4.69, 9.17) is 10.5 Å². The molecule has 0 spiro atoms. The number of rotatable bonds is 5. The largest absolute Gasteiger partial charge is 0.427 e. The molecule has 3 N–H and O–H groups in total. The van der Waals surface area contributed by atoms with Gasteiger partial charge in [-0.1, -0.05) is 18.2 Å². The first-order valence-electron chi connectivity index (χ1n) is 5.36. The quantitative estimate of drug-likeness (QED) is 0.574. The fourth-order valence-corrected chi connectivity index (χ4v) is 1.26. The Labute approximate surface area is 99.9 Å². The third-order valence-corrected chi connectivity index (χ3v) is 2.22. The highest BCUT2D eigenvalue weighted by atomic mass is 16.5. The van der Waals surface area contributed by atoms with Crippen LogP contribution in [0.5, 0.6) is 5.75 Å². The zero-order valence-corrected chi connectivity index (χ0v) is 9.68. The molecule has 0 aromatic heterocycles. The van der Waals surface area contributed by atoms with Crippen LogP contribution in [0.2, 0.25) is 0 Å². The van der Waals surface area contributed by atoms with Gasteiger partial charge in [0, 0.05) is 13.5 Å². The van der Waals surface area contributed by atoms with E-state index in [2.05, 4.69) is 5.32 Å². The molecule has 0 radical (unpaired) electrons. The van der Waals surface area contributed by atoms with Crippen molar-refractivity contribution in [3.63, 3.8) is 0 Å². The number of likely N-dealkylation sites (N-methyl/N-ethyl adjacent to an activating group) is 1. The van der Waals surface area contributed by atoms with E-state index in [0.717, 1.165) is 0 Å². The number of amides is 1. The van der Waals surface area contributed by atoms with E-state index in [1.165, 1.54) is 7.05 Å². The number of nitrogens with one attached hydrogen (secondary N) is 1. The number of hydrogen-bond acceptors (Lipinski definition) is 4. The number of carbonyl (C=O) groups is 2. The van der Waals surface area contributed by atoms with Gasteiger partial charge in [0.2, 0.25) is 5.91 Å². The molecule has 0 bridgehead atoms. The van der Waals surface area contributed by atoms with E-state index in [1.54, 1.807) is 24.3 Å². The molecule has 0 fully saturated rings. The fourth-order valence-electron chi connectivity index (χ4n) is 1.26. The average molecular weight is 236 g/mol. The van der Waals surface area contributed by atoms with Crippen molar-refractivity contribution < 1.29 is 14.3 Å². The van der Waals surface area contributed by atoms with Crippen LogP contribution in [0.4, 0.5) is 0 Å². The number of para-hydroxylation sites is 1. The summed E-state index contributed by atoms with van der Waals surface area (Å²) in [6, 6.07) is 8.09. The van der Waals surface area contributed by atoms with Crippen molar-refractivity contribution in [1.82, 2.24) is 5.32 Å². The normalized spacial score (nSPS) is 11.6. The molecular weight excluding hydrogens is 220 g/mol. The first kappa shape index (κ1) is 13.2. The average Bonchev–Trinajstić information content (AvgIpc) is 2.36. The van der Waals surface area contributed by atoms with Crippen LogP contribution < -0.4 is 15.8 Å². The van der Waals surface area contributed by atoms with Crippen LogP contribution in [0.1, 0.15) is 12.8 Å². The zero-order valence-electron chi connectivity index (χ0n) is 9.68. The van der Waals surface area contributed by atoms with Gasteiger partial charge in [0.15, 0.2) is 0 Å². The Balaban J connectivity index is 2.33. The van der Waals surface area contributed by atoms with Crippen molar-refractivity contribution >= 4 is 11.9 Å². The summed E-state index contributed by atoms with van der Waals surface area (Å²) in [5, 5.41) is 2.42. The second-order valence-corrected chi connectivity index (χ2v) is 3.55. The summed E-state index contributed by atoms with van der Waals surface area (Å²) in [5.74, 6) is -0.181. The summed E-state index contributed by atoms with van der Waals surface area (Å²) in [6.45, 7) is 0. The van der Waals surface area contributed by atoms with Crippen molar-refractivity contribution in [1.29, 1.82) is 0 Å². The Morgan fingerprint density at radius 3 is 2.59 bits per heavy atom. The molecule has 0 heterocycles. The SMILES string of the molecule is CNC(=O)C(N)CCC(=O)Oc1ccccc1. The molecule has 1 aromatic carbocycles. The first-order valence-corrected chi connectivity index (χ1v) is 5.36. The Hall–Kier alpha value is -1.88. The van der Waals surface area contributed by atoms with Gasteiger partial charge in [0.1, 0.15) is 5.75 Å². The van der Waals surface area contributed by atoms with Crippen molar-refractivity contribution in [3.8, 4) is 5.75 Å². The topological polar surface area (TPSA) is 81.4 Å². The van der Waals surface area contributed by atoms with Crippen molar-refractivity contribution in [3.05, 3.63) is 30.3 Å². The monoisotopic (exact) mass is 236 g/mol. The van der Waals surface area contributed by atoms with Crippen LogP contribution in [-0.2, 0) is 9.59 Å². The molecule has 17 heavy (non-hydrogen) atoms. The molecule has 5 nitrogen and oxygen atoms in total. The summed E-state index contributed by atoms with van der Waals surface area (Å²) < 4.78 is 5.05. The predicted octanol–water partition coefficient (Wildman–Crippen LogP) is 0.445. The fraction of sp³-hybridized carbons (Fsp3) is 0.333. The maximum Gasteiger partial charge on any atom is 0.311 e. The first-order chi connectivity index (χ1) is 8.13. The molecule has 0 saturated carbocycles. The van der Waals surface area contributed by atoms with Crippen molar-refractivity contribution in [2.75, 3.05) is 7.05 Å². The van der Waals surface area contributed by atoms with E-state index in [0.29, 0.717) is 5.75 Å². The second-order valence-electron chi connectivity index (χ2n) is 3.55. The van der Waals surface area contributed by atoms with Gasteiger partial charge in [-0.2, -0.15) is 0 Å². The van der Waals surface area contributed by atoms with Gasteiger partial charge >= 0.3 is 5.97 Å². The highest BCUT2D eigenvalue weighted by Gasteiger charge is 2.14. The summed E-state index contributed by atoms with van der Waals surface area (Å²) in [4.78, 5) is 22.5. The molecule has 0 aliphatic heterocycles. The third-order valence-electron chi connectivity index (χ3n) is 2.22. The van der Waals surface area contributed by atoms with Gasteiger partial charge in [-0.05, 0) is 18.6 Å². The van der Waals surface area contributed by atoms with Gasteiger partial charge in [-0.3, -0.25) is 9.59 Å². The number of nitrogens with two attached hydrogens (primary N) is 1. The minimum absolute atomic E-state index is 0.115. The minimum Gasteiger partial charge on any atom is -0.427 e. The molecule has 1 amide bonds. The molecule has 0 saturated heterocycles. The van der Waals surface area contributed by atoms with E-state index in [1.807, 2.05) is 6.07 Å². The molecule has 1 rings (SSSR count). The number of benzene rings is 1. The standard InChI is InChI=1S/C12H16N2O3/c1-14-12(16)10(13)7-8-11(15)17-9-5-3-2-4-6-9/h2-6,10H,7-8,13H2,1H3,(H,14,16). The third kappa shape index (κ3) is 4.65. The van der Waals surface area contributed by atoms with Gasteiger partial charge in [-0.15, -0.1) is 0 Å². The smallest absolute Gasteiger partial charge is 0.311 e. The van der Waals surface area contributed by atoms with Crippen LogP contribution in [0, 0.1) is 0 Å². The van der Waals surface area contributed by atoms with Crippen molar-refractivity contribution in [2.24, 2.45) is 5.73 Å². The highest BCUT2D eigenvalue weighted by molar-refractivity contribution is 5.82. The summed E-state index contributed by atoms with van der Waals surface area (Å²) >= 11 is 0. The molecular formula is C12H16N2O3. The Bertz CT molecular complexity index is 379. The van der Waals surface area contributed by atoms with Crippen LogP contribution >= 0.6 is 0 Å². The number of esters is 1. The van der Waals surface area contributed by atoms with Gasteiger partial charge in [-0.25, -0.2) is 0 Å². The van der Waals surface area contributed by atoms with Crippen LogP contribution in [0.15, 0.2) is 30.3 Å². The summed E-state index contributed by atoms with van der Waals surface area (Å²) in [5.41, 5.74) is 5.55. The van der Waals surface area contributed by atoms with Gasteiger partial charge in [0.25, 0.3) is 0 Å². The van der Waals surface area contributed by atoms with Crippen LogP contribution in [-0.4, -0.2) is 25.0 Å². The van der Waals surface area contributed by atoms with Crippen LogP contribution in [0.3, 0.4) is 0 Å². The lowest BCUT2D eigenvalue weighted by atomic mass is 10.1. The molecule has 92 valence electrons. The van der Waals surface area contributed by atoms with E-state index < -0.39 is 12.0 Å². The minimum atomic E-state index is -0.677. The lowest BCUT2D eigenvalue weighted by Gasteiger charge is -2.09. The molecule has 1 aromatic rings. The molecule has 5 heteroatoms. The summed E-state index contributed by atoms with van der Waals surface area (Å²) in [7, 11) is 1.50. The predicted molar refractivity (Wildman–Crippen MR) is 63.4 cm³/mol. The number of carbonyl (C=O) groups excluding carboxylic acids is 2. The Morgan fingerprint density at radius 2 is 2.00 bits per heavy atom. The van der Waals surface area contributed by atoms with Crippen molar-refractivity contribution in [2.45, 2.75) is 18.9 Å². The van der Waals surface area contributed by atoms with E-state index >= 15 is 0 Å². The van der Waals surface area contributed by atoms with Gasteiger partial charge in [0.05, 0.1) is 6.04 Å². The number of hydrogen-bond donors (Lipinski definition) is 2. The van der Waals surface area contributed by atoms with Crippen LogP contribution in [0.25, 0.3) is 0 Å². The second kappa shape index (κ2) is 6.65. The maximum atomic E-state index is 11.4. The zero-order chi connectivity index (χ0) is 12.7. The Kier molecular flexibility index (Phi) is 5.16.